The zero-order chi connectivity index (χ0) is 5.98. The molecule has 1 N–H and O–H groups in total. The fourth-order valence-electron chi connectivity index (χ4n) is 0.655. The summed E-state index contributed by atoms with van der Waals surface area (Å²) in [6, 6.07) is 0. The fourth-order valence-corrected chi connectivity index (χ4v) is 0.655. The Hall–Kier alpha value is -0.570. The van der Waals surface area contributed by atoms with Gasteiger partial charge in [-0.2, -0.15) is 4.79 Å². The summed E-state index contributed by atoms with van der Waals surface area (Å²) in [5.74, 6) is 0. The molecule has 0 aliphatic carbocycles. The van der Waals surface area contributed by atoms with Crippen molar-refractivity contribution in [2.45, 2.75) is 6.42 Å². The second kappa shape index (κ2) is 2.13. The molecule has 1 rings (SSSR count). The summed E-state index contributed by atoms with van der Waals surface area (Å²) in [4.78, 5) is 11.1. The SMILES string of the molecule is [CH2-][NH+]1CCCOC1=O. The van der Waals surface area contributed by atoms with Crippen molar-refractivity contribution in [3.63, 3.8) is 0 Å². The van der Waals surface area contributed by atoms with E-state index in [1.165, 1.54) is 0 Å². The minimum absolute atomic E-state index is 0.226. The summed E-state index contributed by atoms with van der Waals surface area (Å²) in [7, 11) is 3.52. The predicted molar refractivity (Wildman–Crippen MR) is 27.2 cm³/mol. The zero-order valence-electron chi connectivity index (χ0n) is 4.64. The van der Waals surface area contributed by atoms with Gasteiger partial charge in [-0.25, -0.2) is 0 Å². The maximum absolute atomic E-state index is 10.5. The quantitative estimate of drug-likeness (QED) is 0.419. The van der Waals surface area contributed by atoms with E-state index in [0.29, 0.717) is 11.5 Å². The summed E-state index contributed by atoms with van der Waals surface area (Å²) in [6.07, 6.45) is 0.709. The number of hydrogen-bond acceptors (Lipinski definition) is 2. The van der Waals surface area contributed by atoms with Gasteiger partial charge in [-0.15, -0.1) is 7.05 Å². The van der Waals surface area contributed by atoms with E-state index < -0.39 is 0 Å². The number of carbonyl (C=O) groups is 1. The number of alkyl carbamates (subject to hydrolysis) is 2. The molecule has 0 spiro atoms. The van der Waals surface area contributed by atoms with Crippen LogP contribution < -0.4 is 4.90 Å². The first kappa shape index (κ1) is 5.56. The average Bonchev–Trinajstić information content (AvgIpc) is 1.77. The average molecular weight is 115 g/mol. The van der Waals surface area contributed by atoms with Crippen molar-refractivity contribution in [2.75, 3.05) is 13.2 Å². The van der Waals surface area contributed by atoms with Crippen LogP contribution in [-0.2, 0) is 4.74 Å². The van der Waals surface area contributed by atoms with E-state index in [-0.39, 0.29) is 6.09 Å². The van der Waals surface area contributed by atoms with Gasteiger partial charge in [0, 0.05) is 6.42 Å². The predicted octanol–water partition coefficient (Wildman–Crippen LogP) is -0.797. The van der Waals surface area contributed by atoms with Crippen molar-refractivity contribution in [1.29, 1.82) is 0 Å². The second-order valence-electron chi connectivity index (χ2n) is 1.84. The number of hydrogen-bond donors (Lipinski definition) is 1. The molecular formula is C5H9NO2. The molecule has 3 heteroatoms. The Balaban J connectivity index is 2.39. The molecule has 1 unspecified atom stereocenters. The molecule has 1 atom stereocenters. The van der Waals surface area contributed by atoms with Crippen molar-refractivity contribution >= 4 is 6.09 Å². The van der Waals surface area contributed by atoms with E-state index in [9.17, 15) is 4.79 Å². The lowest BCUT2D eigenvalue weighted by atomic mass is 10.4. The molecule has 0 aromatic rings. The molecule has 1 fully saturated rings. The third kappa shape index (κ3) is 0.980. The highest BCUT2D eigenvalue weighted by Crippen LogP contribution is 1.83. The standard InChI is InChI=1S/C5H9NO2/c1-6-3-2-4-8-5(6)7/h6H,1-4H2. The maximum Gasteiger partial charge on any atom is 0.487 e. The van der Waals surface area contributed by atoms with Gasteiger partial charge in [0.05, 0.1) is 6.54 Å². The van der Waals surface area contributed by atoms with Crippen LogP contribution in [0.4, 0.5) is 4.79 Å². The van der Waals surface area contributed by atoms with Gasteiger partial charge in [-0.05, 0) is 0 Å². The van der Waals surface area contributed by atoms with Gasteiger partial charge < -0.3 is 9.64 Å². The van der Waals surface area contributed by atoms with E-state index in [1.807, 2.05) is 0 Å². The Labute approximate surface area is 48.2 Å². The van der Waals surface area contributed by atoms with Gasteiger partial charge in [0.2, 0.25) is 0 Å². The van der Waals surface area contributed by atoms with Crippen LogP contribution in [0.15, 0.2) is 0 Å². The van der Waals surface area contributed by atoms with Gasteiger partial charge in [0.25, 0.3) is 0 Å². The van der Waals surface area contributed by atoms with E-state index >= 15 is 0 Å². The van der Waals surface area contributed by atoms with Crippen LogP contribution in [0.1, 0.15) is 6.42 Å². The first-order valence-electron chi connectivity index (χ1n) is 2.65. The summed E-state index contributed by atoms with van der Waals surface area (Å²) >= 11 is 0. The molecule has 0 aromatic heterocycles. The lowest BCUT2D eigenvalue weighted by molar-refractivity contribution is -0.781. The van der Waals surface area contributed by atoms with E-state index in [2.05, 4.69) is 11.8 Å². The molecule has 0 saturated carbocycles. The molecule has 46 valence electrons. The van der Waals surface area contributed by atoms with Gasteiger partial charge in [0.1, 0.15) is 6.61 Å². The largest absolute Gasteiger partial charge is 0.487 e. The number of ether oxygens (including phenoxy) is 1. The summed E-state index contributed by atoms with van der Waals surface area (Å²) in [5.41, 5.74) is 0. The third-order valence-corrected chi connectivity index (χ3v) is 1.14. The Morgan fingerprint density at radius 1 is 1.75 bits per heavy atom. The fraction of sp³-hybridized carbons (Fsp3) is 0.600. The van der Waals surface area contributed by atoms with Crippen molar-refractivity contribution in [3.05, 3.63) is 7.05 Å². The Bertz CT molecular complexity index is 103. The molecule has 1 heterocycles. The van der Waals surface area contributed by atoms with Crippen LogP contribution in [0.25, 0.3) is 0 Å². The topological polar surface area (TPSA) is 30.7 Å². The molecule has 0 bridgehead atoms. The number of rotatable bonds is 0. The molecule has 8 heavy (non-hydrogen) atoms. The van der Waals surface area contributed by atoms with Crippen LogP contribution >= 0.6 is 0 Å². The first-order valence-corrected chi connectivity index (χ1v) is 2.65. The molecule has 1 amide bonds. The van der Waals surface area contributed by atoms with Crippen LogP contribution in [0, 0.1) is 7.05 Å². The lowest BCUT2D eigenvalue weighted by Gasteiger charge is -2.21. The van der Waals surface area contributed by atoms with Crippen LogP contribution in [0.2, 0.25) is 0 Å². The summed E-state index contributed by atoms with van der Waals surface area (Å²) in [6.45, 7) is 1.37. The number of amides is 1. The van der Waals surface area contributed by atoms with Crippen molar-refractivity contribution in [3.8, 4) is 0 Å². The van der Waals surface area contributed by atoms with Crippen molar-refractivity contribution in [1.82, 2.24) is 0 Å². The van der Waals surface area contributed by atoms with Gasteiger partial charge in [0.15, 0.2) is 0 Å². The molecule has 1 aliphatic heterocycles. The highest BCUT2D eigenvalue weighted by Gasteiger charge is 2.15. The normalized spacial score (nSPS) is 29.6. The molecule has 0 radical (unpaired) electrons. The maximum atomic E-state index is 10.5. The number of carbonyl (C=O) groups excluding carboxylic acids is 1. The Morgan fingerprint density at radius 2 is 2.50 bits per heavy atom. The van der Waals surface area contributed by atoms with Crippen LogP contribution in [0.3, 0.4) is 0 Å². The molecule has 0 aromatic carbocycles. The number of quaternary nitrogens is 1. The van der Waals surface area contributed by atoms with Gasteiger partial charge in [-0.1, -0.05) is 0 Å². The zero-order valence-corrected chi connectivity index (χ0v) is 4.64. The van der Waals surface area contributed by atoms with Crippen molar-refractivity contribution < 1.29 is 14.4 Å². The summed E-state index contributed by atoms with van der Waals surface area (Å²) in [5, 5.41) is 0. The minimum Gasteiger partial charge on any atom is -0.422 e. The van der Waals surface area contributed by atoms with Gasteiger partial charge >= 0.3 is 6.09 Å². The molecule has 1 aliphatic rings. The molecule has 3 nitrogen and oxygen atoms in total. The van der Waals surface area contributed by atoms with Gasteiger partial charge in [-0.3, -0.25) is 0 Å². The highest BCUT2D eigenvalue weighted by atomic mass is 16.6. The highest BCUT2D eigenvalue weighted by molar-refractivity contribution is 5.57. The second-order valence-corrected chi connectivity index (χ2v) is 1.84. The Kier molecular flexibility index (Phi) is 1.48. The van der Waals surface area contributed by atoms with Crippen LogP contribution in [-0.4, -0.2) is 19.2 Å². The smallest absolute Gasteiger partial charge is 0.422 e. The monoisotopic (exact) mass is 115 g/mol. The molecule has 1 saturated heterocycles. The number of cyclic esters (lactones) is 1. The minimum atomic E-state index is -0.226. The van der Waals surface area contributed by atoms with E-state index in [1.54, 1.807) is 0 Å². The lowest BCUT2D eigenvalue weighted by Crippen LogP contribution is -3.10. The first-order chi connectivity index (χ1) is 3.80. The van der Waals surface area contributed by atoms with Crippen LogP contribution in [0.5, 0.6) is 0 Å². The van der Waals surface area contributed by atoms with E-state index in [4.69, 9.17) is 0 Å². The Morgan fingerprint density at radius 3 is 2.88 bits per heavy atom. The summed E-state index contributed by atoms with van der Waals surface area (Å²) < 4.78 is 4.65. The molecular weight excluding hydrogens is 106 g/mol. The number of nitrogens with one attached hydrogen (secondary N) is 1. The van der Waals surface area contributed by atoms with E-state index in [0.717, 1.165) is 13.0 Å². The third-order valence-electron chi connectivity index (χ3n) is 1.14. The van der Waals surface area contributed by atoms with Crippen molar-refractivity contribution in [2.24, 2.45) is 0 Å².